The van der Waals surface area contributed by atoms with Gasteiger partial charge in [0.15, 0.2) is 11.6 Å². The van der Waals surface area contributed by atoms with E-state index >= 15 is 0 Å². The molecule has 204 valence electrons. The van der Waals surface area contributed by atoms with Crippen LogP contribution in [-0.4, -0.2) is 43.8 Å². The van der Waals surface area contributed by atoms with E-state index in [-0.39, 0.29) is 23.0 Å². The molecule has 1 N–H and O–H groups in total. The highest BCUT2D eigenvalue weighted by Gasteiger charge is 2.71. The van der Waals surface area contributed by atoms with Gasteiger partial charge in [-0.2, -0.15) is 0 Å². The molecule has 3 heterocycles. The maximum Gasteiger partial charge on any atom is 0.238 e. The van der Waals surface area contributed by atoms with E-state index in [1.54, 1.807) is 18.2 Å². The van der Waals surface area contributed by atoms with Gasteiger partial charge in [0, 0.05) is 16.8 Å². The number of nitrogens with zero attached hydrogens (tertiary/aromatic N) is 1. The lowest BCUT2D eigenvalue weighted by Gasteiger charge is -2.38. The van der Waals surface area contributed by atoms with Crippen LogP contribution in [0, 0.1) is 11.3 Å². The summed E-state index contributed by atoms with van der Waals surface area (Å²) in [5.74, 6) is -0.964. The summed E-state index contributed by atoms with van der Waals surface area (Å²) >= 11 is 0. The first-order valence-corrected chi connectivity index (χ1v) is 13.4. The topological polar surface area (TPSA) is 84.9 Å². The molecule has 7 heteroatoms. The fourth-order valence-electron chi connectivity index (χ4n) is 6.74. The normalized spacial score (nSPS) is 24.3. The lowest BCUT2D eigenvalue weighted by atomic mass is 9.63. The zero-order chi connectivity index (χ0) is 28.4. The number of ether oxygens (including phenoxy) is 2. The van der Waals surface area contributed by atoms with E-state index in [0.717, 1.165) is 11.3 Å². The van der Waals surface area contributed by atoms with Crippen molar-refractivity contribution in [3.05, 3.63) is 89.5 Å². The van der Waals surface area contributed by atoms with Crippen molar-refractivity contribution in [1.29, 1.82) is 0 Å². The number of rotatable bonds is 5. The number of anilines is 2. The number of carbonyl (C=O) groups is 3. The van der Waals surface area contributed by atoms with E-state index in [1.165, 1.54) is 14.2 Å². The minimum Gasteiger partial charge on any atom is -0.497 e. The quantitative estimate of drug-likeness (QED) is 0.446. The molecule has 0 bridgehead atoms. The third kappa shape index (κ3) is 3.46. The molecule has 4 atom stereocenters. The number of hydrogen-bond donors (Lipinski definition) is 1. The summed E-state index contributed by atoms with van der Waals surface area (Å²) in [5, 5.41) is 3.05. The minimum absolute atomic E-state index is 0.114. The Morgan fingerprint density at radius 2 is 1.68 bits per heavy atom. The number of methoxy groups -OCH3 is 2. The number of nitrogens with one attached hydrogen (secondary N) is 1. The lowest BCUT2D eigenvalue weighted by Crippen LogP contribution is -2.51. The molecule has 1 amide bonds. The molecule has 0 saturated carbocycles. The number of benzene rings is 3. The second kappa shape index (κ2) is 9.08. The number of Topliss-reactive ketones (excluding diaryl/α,β-unsaturated/α-hetero) is 2. The van der Waals surface area contributed by atoms with E-state index < -0.39 is 28.8 Å². The molecule has 0 radical (unpaired) electrons. The van der Waals surface area contributed by atoms with Crippen LogP contribution in [0.15, 0.2) is 72.8 Å². The summed E-state index contributed by atoms with van der Waals surface area (Å²) < 4.78 is 11.1. The number of ketones is 2. The molecule has 1 spiro atoms. The van der Waals surface area contributed by atoms with E-state index in [1.807, 2.05) is 86.4 Å². The van der Waals surface area contributed by atoms with Crippen LogP contribution in [0.4, 0.5) is 11.4 Å². The van der Waals surface area contributed by atoms with Crippen molar-refractivity contribution in [2.75, 3.05) is 24.4 Å². The highest BCUT2D eigenvalue weighted by Crippen LogP contribution is 2.58. The zero-order valence-corrected chi connectivity index (χ0v) is 23.2. The number of carbonyl (C=O) groups excluding carboxylic acids is 3. The highest BCUT2D eigenvalue weighted by molar-refractivity contribution is 6.17. The maximum absolute atomic E-state index is 15.0. The predicted octanol–water partition coefficient (Wildman–Crippen LogP) is 5.29. The molecular weight excluding hydrogens is 504 g/mol. The highest BCUT2D eigenvalue weighted by atomic mass is 16.5. The molecule has 7 nitrogen and oxygen atoms in total. The molecular formula is C33H32N2O5. The van der Waals surface area contributed by atoms with Gasteiger partial charge in [0.2, 0.25) is 5.91 Å². The molecule has 0 unspecified atom stereocenters. The van der Waals surface area contributed by atoms with Crippen molar-refractivity contribution in [3.8, 4) is 11.5 Å². The molecule has 3 aromatic rings. The molecule has 6 rings (SSSR count). The monoisotopic (exact) mass is 536 g/mol. The molecule has 40 heavy (non-hydrogen) atoms. The number of para-hydroxylation sites is 2. The van der Waals surface area contributed by atoms with Crippen LogP contribution in [-0.2, 0) is 15.0 Å². The Morgan fingerprint density at radius 1 is 0.950 bits per heavy atom. The summed E-state index contributed by atoms with van der Waals surface area (Å²) in [6, 6.07) is 18.8. The maximum atomic E-state index is 15.0. The Balaban J connectivity index is 1.69. The third-order valence-corrected chi connectivity index (χ3v) is 8.50. The Hall–Kier alpha value is -4.39. The van der Waals surface area contributed by atoms with Crippen molar-refractivity contribution in [2.24, 2.45) is 11.3 Å². The van der Waals surface area contributed by atoms with Gasteiger partial charge in [-0.15, -0.1) is 0 Å². The SMILES string of the molecule is COc1ccc(OC)c(C(=O)[C@@H]2[C@H](C(=O)C(C)(C)C)N3c4ccccc4C=C[C@@H]3[C@]23C(=O)Nc2ccccc23)c1. The smallest absolute Gasteiger partial charge is 0.238 e. The van der Waals surface area contributed by atoms with Crippen molar-refractivity contribution in [3.63, 3.8) is 0 Å². The van der Waals surface area contributed by atoms with Crippen LogP contribution in [0.3, 0.4) is 0 Å². The van der Waals surface area contributed by atoms with Gasteiger partial charge in [-0.3, -0.25) is 14.4 Å². The van der Waals surface area contributed by atoms with Crippen molar-refractivity contribution >= 4 is 34.9 Å². The average Bonchev–Trinajstić information content (AvgIpc) is 3.43. The minimum atomic E-state index is -1.36. The summed E-state index contributed by atoms with van der Waals surface area (Å²) in [6.45, 7) is 5.58. The molecule has 0 aromatic heterocycles. The van der Waals surface area contributed by atoms with Gasteiger partial charge < -0.3 is 19.7 Å². The first-order chi connectivity index (χ1) is 19.1. The van der Waals surface area contributed by atoms with E-state index in [0.29, 0.717) is 22.7 Å². The van der Waals surface area contributed by atoms with Crippen LogP contribution in [0.2, 0.25) is 0 Å². The molecule has 0 aliphatic carbocycles. The van der Waals surface area contributed by atoms with Gasteiger partial charge in [0.05, 0.1) is 31.7 Å². The van der Waals surface area contributed by atoms with Crippen LogP contribution < -0.4 is 19.7 Å². The largest absolute Gasteiger partial charge is 0.497 e. The van der Waals surface area contributed by atoms with Gasteiger partial charge in [-0.1, -0.05) is 69.3 Å². The summed E-state index contributed by atoms with van der Waals surface area (Å²) in [6.07, 6.45) is 3.97. The van der Waals surface area contributed by atoms with Crippen molar-refractivity contribution in [2.45, 2.75) is 38.3 Å². The molecule has 1 saturated heterocycles. The second-order valence-electron chi connectivity index (χ2n) is 11.6. The number of fused-ring (bicyclic) bond motifs is 6. The predicted molar refractivity (Wildman–Crippen MR) is 154 cm³/mol. The molecule has 1 fully saturated rings. The summed E-state index contributed by atoms with van der Waals surface area (Å²) in [5.41, 5.74) is 1.23. The van der Waals surface area contributed by atoms with Gasteiger partial charge in [0.1, 0.15) is 23.0 Å². The summed E-state index contributed by atoms with van der Waals surface area (Å²) in [7, 11) is 3.03. The van der Waals surface area contributed by atoms with E-state index in [4.69, 9.17) is 9.47 Å². The Labute approximate surface area is 233 Å². The Bertz CT molecular complexity index is 1590. The second-order valence-corrected chi connectivity index (χ2v) is 11.6. The molecule has 3 aromatic carbocycles. The molecule has 3 aliphatic rings. The lowest BCUT2D eigenvalue weighted by molar-refractivity contribution is -0.128. The van der Waals surface area contributed by atoms with Gasteiger partial charge >= 0.3 is 0 Å². The van der Waals surface area contributed by atoms with Crippen LogP contribution in [0.5, 0.6) is 11.5 Å². The van der Waals surface area contributed by atoms with Crippen LogP contribution in [0.1, 0.15) is 42.3 Å². The third-order valence-electron chi connectivity index (χ3n) is 8.50. The van der Waals surface area contributed by atoms with Gasteiger partial charge in [0.25, 0.3) is 0 Å². The first kappa shape index (κ1) is 25.9. The van der Waals surface area contributed by atoms with E-state index in [9.17, 15) is 14.4 Å². The van der Waals surface area contributed by atoms with Gasteiger partial charge in [-0.05, 0) is 41.5 Å². The standard InChI is InChI=1S/C33H32N2O5/c1-32(2,3)30(37)28-27(29(36)21-18-20(39-4)15-16-25(21)40-5)33(22-11-7-8-12-23(22)34-31(33)38)26-17-14-19-10-6-9-13-24(19)35(26)28/h6-18,26-28H,1-5H3,(H,34,38)/t26-,27+,28-,33+/m1/s1. The Morgan fingerprint density at radius 3 is 2.40 bits per heavy atom. The van der Waals surface area contributed by atoms with Crippen LogP contribution in [0.25, 0.3) is 6.08 Å². The fourth-order valence-corrected chi connectivity index (χ4v) is 6.74. The fraction of sp³-hybridized carbons (Fsp3) is 0.303. The van der Waals surface area contributed by atoms with Crippen molar-refractivity contribution < 1.29 is 23.9 Å². The molecule has 3 aliphatic heterocycles. The number of hydrogen-bond acceptors (Lipinski definition) is 6. The zero-order valence-electron chi connectivity index (χ0n) is 23.2. The van der Waals surface area contributed by atoms with Crippen molar-refractivity contribution in [1.82, 2.24) is 0 Å². The van der Waals surface area contributed by atoms with Gasteiger partial charge in [-0.25, -0.2) is 0 Å². The van der Waals surface area contributed by atoms with E-state index in [2.05, 4.69) is 5.32 Å². The average molecular weight is 537 g/mol. The number of amides is 1. The summed E-state index contributed by atoms with van der Waals surface area (Å²) in [4.78, 5) is 45.9. The Kier molecular flexibility index (Phi) is 5.87. The first-order valence-electron chi connectivity index (χ1n) is 13.4. The van der Waals surface area contributed by atoms with Crippen LogP contribution >= 0.6 is 0 Å².